The molecule has 1 saturated carbocycles. The predicted octanol–water partition coefficient (Wildman–Crippen LogP) is 1.33. The Morgan fingerprint density at radius 1 is 1.25 bits per heavy atom. The molecule has 0 aliphatic heterocycles. The molecule has 0 aromatic rings. The van der Waals surface area contributed by atoms with Gasteiger partial charge in [0.15, 0.2) is 0 Å². The van der Waals surface area contributed by atoms with Crippen molar-refractivity contribution in [3.05, 3.63) is 12.3 Å². The Hall–Kier alpha value is -0.323. The largest absolute Gasteiger partial charge is 0.548 e. The first-order valence-corrected chi connectivity index (χ1v) is 5.66. The van der Waals surface area contributed by atoms with Gasteiger partial charge in [-0.15, -0.1) is 0 Å². The van der Waals surface area contributed by atoms with Gasteiger partial charge in [0.05, 0.1) is 6.26 Å². The van der Waals surface area contributed by atoms with Crippen LogP contribution in [0.25, 0.3) is 0 Å². The summed E-state index contributed by atoms with van der Waals surface area (Å²) in [5.41, 5.74) is 0. The molecule has 0 radical (unpaired) electrons. The molecule has 1 aliphatic rings. The standard InChI is InChI=1S/C8H16O3Si/c1-9-12(10-2)11-7-6-8-4-3-5-8/h6-8,12H,3-5H2,1-2H3. The summed E-state index contributed by atoms with van der Waals surface area (Å²) in [6.45, 7) is 0. The zero-order valence-electron chi connectivity index (χ0n) is 7.66. The molecule has 1 fully saturated rings. The molecule has 0 unspecified atom stereocenters. The maximum Gasteiger partial charge on any atom is 0.548 e. The van der Waals surface area contributed by atoms with E-state index >= 15 is 0 Å². The molecule has 0 heterocycles. The Labute approximate surface area is 75.3 Å². The van der Waals surface area contributed by atoms with Crippen molar-refractivity contribution >= 4 is 9.53 Å². The summed E-state index contributed by atoms with van der Waals surface area (Å²) in [6.07, 6.45) is 7.78. The van der Waals surface area contributed by atoms with E-state index in [1.807, 2.05) is 0 Å². The molecule has 0 atom stereocenters. The molecule has 1 aliphatic carbocycles. The van der Waals surface area contributed by atoms with E-state index in [1.165, 1.54) is 19.3 Å². The molecular weight excluding hydrogens is 172 g/mol. The lowest BCUT2D eigenvalue weighted by atomic mass is 9.86. The van der Waals surface area contributed by atoms with Crippen LogP contribution in [-0.2, 0) is 13.3 Å². The Morgan fingerprint density at radius 2 is 1.92 bits per heavy atom. The normalized spacial score (nSPS) is 18.6. The average molecular weight is 188 g/mol. The van der Waals surface area contributed by atoms with Crippen LogP contribution in [0.2, 0.25) is 0 Å². The van der Waals surface area contributed by atoms with Gasteiger partial charge in [0, 0.05) is 14.2 Å². The third-order valence-electron chi connectivity index (χ3n) is 2.08. The average Bonchev–Trinajstić information content (AvgIpc) is 2.02. The van der Waals surface area contributed by atoms with Gasteiger partial charge in [-0.1, -0.05) is 6.42 Å². The number of rotatable bonds is 5. The topological polar surface area (TPSA) is 27.7 Å². The molecule has 0 bridgehead atoms. The summed E-state index contributed by atoms with van der Waals surface area (Å²) < 4.78 is 15.2. The maximum absolute atomic E-state index is 5.26. The minimum atomic E-state index is -1.82. The highest BCUT2D eigenvalue weighted by Crippen LogP contribution is 2.27. The molecule has 0 aromatic heterocycles. The van der Waals surface area contributed by atoms with E-state index in [1.54, 1.807) is 20.5 Å². The molecule has 70 valence electrons. The van der Waals surface area contributed by atoms with Crippen molar-refractivity contribution in [2.45, 2.75) is 19.3 Å². The number of hydrogen-bond acceptors (Lipinski definition) is 3. The minimum Gasteiger partial charge on any atom is -0.510 e. The minimum absolute atomic E-state index is 0.730. The van der Waals surface area contributed by atoms with Crippen LogP contribution in [-0.4, -0.2) is 23.7 Å². The third kappa shape index (κ3) is 2.96. The van der Waals surface area contributed by atoms with E-state index < -0.39 is 9.53 Å². The van der Waals surface area contributed by atoms with Crippen molar-refractivity contribution in [3.63, 3.8) is 0 Å². The second-order valence-corrected chi connectivity index (χ2v) is 4.71. The molecule has 3 nitrogen and oxygen atoms in total. The highest BCUT2D eigenvalue weighted by Gasteiger charge is 2.14. The van der Waals surface area contributed by atoms with E-state index in [4.69, 9.17) is 13.3 Å². The molecule has 0 spiro atoms. The van der Waals surface area contributed by atoms with Crippen molar-refractivity contribution in [2.75, 3.05) is 14.2 Å². The molecule has 0 amide bonds. The first kappa shape index (κ1) is 9.76. The van der Waals surface area contributed by atoms with Gasteiger partial charge in [-0.25, -0.2) is 0 Å². The second-order valence-electron chi connectivity index (χ2n) is 2.92. The first-order valence-electron chi connectivity index (χ1n) is 4.24. The van der Waals surface area contributed by atoms with Crippen LogP contribution in [0, 0.1) is 5.92 Å². The summed E-state index contributed by atoms with van der Waals surface area (Å²) in [6, 6.07) is 0. The quantitative estimate of drug-likeness (QED) is 0.481. The summed E-state index contributed by atoms with van der Waals surface area (Å²) in [7, 11) is 1.39. The summed E-state index contributed by atoms with van der Waals surface area (Å²) >= 11 is 0. The van der Waals surface area contributed by atoms with Crippen molar-refractivity contribution in [1.29, 1.82) is 0 Å². The van der Waals surface area contributed by atoms with E-state index in [0.29, 0.717) is 0 Å². The van der Waals surface area contributed by atoms with Crippen LogP contribution < -0.4 is 0 Å². The van der Waals surface area contributed by atoms with Gasteiger partial charge in [-0.2, -0.15) is 0 Å². The lowest BCUT2D eigenvalue weighted by Gasteiger charge is -2.21. The molecular formula is C8H16O3Si. The monoisotopic (exact) mass is 188 g/mol. The van der Waals surface area contributed by atoms with E-state index in [9.17, 15) is 0 Å². The van der Waals surface area contributed by atoms with Gasteiger partial charge >= 0.3 is 9.53 Å². The van der Waals surface area contributed by atoms with Crippen LogP contribution in [0.1, 0.15) is 19.3 Å². The fourth-order valence-corrected chi connectivity index (χ4v) is 1.69. The smallest absolute Gasteiger partial charge is 0.510 e. The van der Waals surface area contributed by atoms with E-state index in [2.05, 4.69) is 6.08 Å². The zero-order chi connectivity index (χ0) is 8.81. The molecule has 0 N–H and O–H groups in total. The van der Waals surface area contributed by atoms with Gasteiger partial charge in [-0.3, -0.25) is 0 Å². The molecule has 0 aromatic carbocycles. The third-order valence-corrected chi connectivity index (χ3v) is 3.22. The Kier molecular flexibility index (Phi) is 4.35. The number of allylic oxidation sites excluding steroid dienone is 1. The van der Waals surface area contributed by atoms with Crippen LogP contribution >= 0.6 is 0 Å². The van der Waals surface area contributed by atoms with Crippen LogP contribution in [0.3, 0.4) is 0 Å². The predicted molar refractivity (Wildman–Crippen MR) is 48.7 cm³/mol. The van der Waals surface area contributed by atoms with Gasteiger partial charge in [0.2, 0.25) is 0 Å². The highest BCUT2D eigenvalue weighted by atomic mass is 28.3. The Bertz CT molecular complexity index is 141. The van der Waals surface area contributed by atoms with Crippen LogP contribution in [0.5, 0.6) is 0 Å². The zero-order valence-corrected chi connectivity index (χ0v) is 8.81. The fraction of sp³-hybridized carbons (Fsp3) is 0.750. The second kappa shape index (κ2) is 5.34. The molecule has 12 heavy (non-hydrogen) atoms. The first-order chi connectivity index (χ1) is 5.86. The van der Waals surface area contributed by atoms with Crippen molar-refractivity contribution in [3.8, 4) is 0 Å². The lowest BCUT2D eigenvalue weighted by Crippen LogP contribution is -2.21. The number of hydrogen-bond donors (Lipinski definition) is 0. The van der Waals surface area contributed by atoms with Gasteiger partial charge in [-0.05, 0) is 24.8 Å². The highest BCUT2D eigenvalue weighted by molar-refractivity contribution is 6.36. The molecule has 1 rings (SSSR count). The molecule has 4 heteroatoms. The SMILES string of the molecule is CO[SiH](OC)OC=CC1CCC1. The van der Waals surface area contributed by atoms with Crippen LogP contribution in [0.4, 0.5) is 0 Å². The Balaban J connectivity index is 2.09. The Morgan fingerprint density at radius 3 is 2.33 bits per heavy atom. The summed E-state index contributed by atoms with van der Waals surface area (Å²) in [5, 5.41) is 0. The van der Waals surface area contributed by atoms with Crippen LogP contribution in [0.15, 0.2) is 12.3 Å². The van der Waals surface area contributed by atoms with E-state index in [-0.39, 0.29) is 0 Å². The van der Waals surface area contributed by atoms with Gasteiger partial charge in [0.25, 0.3) is 0 Å². The maximum atomic E-state index is 5.26. The summed E-state index contributed by atoms with van der Waals surface area (Å²) in [4.78, 5) is 0. The van der Waals surface area contributed by atoms with Crippen molar-refractivity contribution < 1.29 is 13.3 Å². The van der Waals surface area contributed by atoms with Gasteiger partial charge in [0.1, 0.15) is 0 Å². The van der Waals surface area contributed by atoms with Crippen molar-refractivity contribution in [1.82, 2.24) is 0 Å². The van der Waals surface area contributed by atoms with Crippen molar-refractivity contribution in [2.24, 2.45) is 5.92 Å². The lowest BCUT2D eigenvalue weighted by molar-refractivity contribution is 0.180. The van der Waals surface area contributed by atoms with Gasteiger partial charge < -0.3 is 13.3 Å². The summed E-state index contributed by atoms with van der Waals surface area (Å²) in [5.74, 6) is 0.730. The molecule has 0 saturated heterocycles. The fourth-order valence-electron chi connectivity index (χ4n) is 1.06. The van der Waals surface area contributed by atoms with E-state index in [0.717, 1.165) is 5.92 Å².